The van der Waals surface area contributed by atoms with Gasteiger partial charge >= 0.3 is 0 Å². The Labute approximate surface area is 211 Å². The van der Waals surface area contributed by atoms with Crippen LogP contribution < -0.4 is 19.8 Å². The van der Waals surface area contributed by atoms with Gasteiger partial charge in [-0.15, -0.1) is 0 Å². The molecule has 7 nitrogen and oxygen atoms in total. The van der Waals surface area contributed by atoms with Gasteiger partial charge in [0.15, 0.2) is 28.8 Å². The third kappa shape index (κ3) is 4.64. The number of ether oxygens (including phenoxy) is 3. The number of carbonyl (C=O) groups is 1. The SMILES string of the molecule is COc1cc2nccc(Oc3ccc(-n4ccc(C(=O)c5ccccc5)cc4=O)cc3F)c2cc1OC. The van der Waals surface area contributed by atoms with Crippen molar-refractivity contribution in [2.24, 2.45) is 0 Å². The lowest BCUT2D eigenvalue weighted by atomic mass is 10.0. The molecule has 0 bridgehead atoms. The Kier molecular flexibility index (Phi) is 6.38. The number of aromatic nitrogens is 2. The number of halogens is 1. The molecule has 0 unspecified atom stereocenters. The van der Waals surface area contributed by atoms with Crippen molar-refractivity contribution in [1.82, 2.24) is 9.55 Å². The molecule has 0 atom stereocenters. The van der Waals surface area contributed by atoms with Crippen LogP contribution in [0.2, 0.25) is 0 Å². The summed E-state index contributed by atoms with van der Waals surface area (Å²) in [5.41, 5.74) is 1.15. The van der Waals surface area contributed by atoms with E-state index in [0.717, 1.165) is 0 Å². The van der Waals surface area contributed by atoms with Crippen molar-refractivity contribution in [2.75, 3.05) is 14.2 Å². The number of carbonyl (C=O) groups excluding carboxylic acids is 1. The zero-order chi connectivity index (χ0) is 25.9. The number of methoxy groups -OCH3 is 2. The Balaban J connectivity index is 1.44. The van der Waals surface area contributed by atoms with Crippen LogP contribution in [0.25, 0.3) is 16.6 Å². The van der Waals surface area contributed by atoms with E-state index in [2.05, 4.69) is 4.98 Å². The molecule has 0 aliphatic rings. The summed E-state index contributed by atoms with van der Waals surface area (Å²) >= 11 is 0. The summed E-state index contributed by atoms with van der Waals surface area (Å²) in [7, 11) is 3.05. The van der Waals surface area contributed by atoms with Gasteiger partial charge in [0.2, 0.25) is 0 Å². The van der Waals surface area contributed by atoms with Crippen molar-refractivity contribution in [3.8, 4) is 28.7 Å². The van der Waals surface area contributed by atoms with E-state index in [4.69, 9.17) is 14.2 Å². The molecular weight excluding hydrogens is 475 g/mol. The minimum absolute atomic E-state index is 0.0324. The second kappa shape index (κ2) is 9.94. The van der Waals surface area contributed by atoms with E-state index in [-0.39, 0.29) is 17.1 Å². The molecule has 5 rings (SSSR count). The lowest BCUT2D eigenvalue weighted by molar-refractivity contribution is 0.103. The molecule has 0 saturated carbocycles. The van der Waals surface area contributed by atoms with Gasteiger partial charge in [-0.25, -0.2) is 4.39 Å². The van der Waals surface area contributed by atoms with E-state index < -0.39 is 11.4 Å². The van der Waals surface area contributed by atoms with Crippen molar-refractivity contribution >= 4 is 16.7 Å². The lowest BCUT2D eigenvalue weighted by Crippen LogP contribution is -2.19. The fourth-order valence-electron chi connectivity index (χ4n) is 3.97. The zero-order valence-corrected chi connectivity index (χ0v) is 20.0. The Morgan fingerprint density at radius 3 is 2.27 bits per heavy atom. The number of fused-ring (bicyclic) bond motifs is 1. The van der Waals surface area contributed by atoms with Crippen molar-refractivity contribution < 1.29 is 23.4 Å². The number of ketones is 1. The third-order valence-corrected chi connectivity index (χ3v) is 5.84. The molecule has 37 heavy (non-hydrogen) atoms. The van der Waals surface area contributed by atoms with E-state index >= 15 is 4.39 Å². The third-order valence-electron chi connectivity index (χ3n) is 5.84. The molecule has 0 spiro atoms. The smallest absolute Gasteiger partial charge is 0.255 e. The molecule has 0 aliphatic heterocycles. The fraction of sp³-hybridized carbons (Fsp3) is 0.0690. The first kappa shape index (κ1) is 23.7. The summed E-state index contributed by atoms with van der Waals surface area (Å²) in [6, 6.07) is 20.7. The molecule has 2 aromatic heterocycles. The van der Waals surface area contributed by atoms with E-state index in [1.807, 2.05) is 6.07 Å². The number of rotatable bonds is 7. The minimum Gasteiger partial charge on any atom is -0.493 e. The number of hydrogen-bond donors (Lipinski definition) is 0. The molecule has 0 saturated heterocycles. The van der Waals surface area contributed by atoms with Gasteiger partial charge in [-0.2, -0.15) is 0 Å². The van der Waals surface area contributed by atoms with Crippen LogP contribution in [0.4, 0.5) is 4.39 Å². The van der Waals surface area contributed by atoms with Gasteiger partial charge in [0, 0.05) is 47.1 Å². The quantitative estimate of drug-likeness (QED) is 0.274. The average Bonchev–Trinajstić information content (AvgIpc) is 2.93. The van der Waals surface area contributed by atoms with Crippen LogP contribution in [0, 0.1) is 5.82 Å². The van der Waals surface area contributed by atoms with Gasteiger partial charge in [0.25, 0.3) is 5.56 Å². The van der Waals surface area contributed by atoms with E-state index in [0.29, 0.717) is 39.4 Å². The topological polar surface area (TPSA) is 79.7 Å². The van der Waals surface area contributed by atoms with E-state index in [1.54, 1.807) is 54.7 Å². The normalized spacial score (nSPS) is 10.8. The maximum absolute atomic E-state index is 15.1. The molecule has 2 heterocycles. The number of hydrogen-bond acceptors (Lipinski definition) is 6. The second-order valence-electron chi connectivity index (χ2n) is 8.07. The molecule has 0 radical (unpaired) electrons. The van der Waals surface area contributed by atoms with Crippen LogP contribution in [0.5, 0.6) is 23.0 Å². The number of pyridine rings is 2. The molecule has 0 N–H and O–H groups in total. The Morgan fingerprint density at radius 1 is 0.811 bits per heavy atom. The highest BCUT2D eigenvalue weighted by Gasteiger charge is 2.15. The molecule has 0 aliphatic carbocycles. The largest absolute Gasteiger partial charge is 0.493 e. The van der Waals surface area contributed by atoms with Gasteiger partial charge in [-0.05, 0) is 30.3 Å². The van der Waals surface area contributed by atoms with Gasteiger partial charge in [0.05, 0.1) is 25.4 Å². The van der Waals surface area contributed by atoms with Crippen LogP contribution in [0.15, 0.2) is 96.1 Å². The molecular formula is C29H21FN2O5. The summed E-state index contributed by atoms with van der Waals surface area (Å²) in [5, 5.41) is 0.610. The van der Waals surface area contributed by atoms with Crippen molar-refractivity contribution in [3.05, 3.63) is 119 Å². The Bertz CT molecular complexity index is 1680. The number of nitrogens with zero attached hydrogens (tertiary/aromatic N) is 2. The Morgan fingerprint density at radius 2 is 1.57 bits per heavy atom. The zero-order valence-electron chi connectivity index (χ0n) is 20.0. The van der Waals surface area contributed by atoms with E-state index in [9.17, 15) is 9.59 Å². The van der Waals surface area contributed by atoms with E-state index in [1.165, 1.54) is 49.2 Å². The second-order valence-corrected chi connectivity index (χ2v) is 8.07. The molecule has 8 heteroatoms. The summed E-state index contributed by atoms with van der Waals surface area (Å²) < 4.78 is 32.9. The van der Waals surface area contributed by atoms with Crippen LogP contribution in [0.1, 0.15) is 15.9 Å². The van der Waals surface area contributed by atoms with Crippen molar-refractivity contribution in [1.29, 1.82) is 0 Å². The summed E-state index contributed by atoms with van der Waals surface area (Å²) in [6.07, 6.45) is 3.00. The summed E-state index contributed by atoms with van der Waals surface area (Å²) in [5.74, 6) is 0.403. The molecule has 0 fully saturated rings. The molecule has 184 valence electrons. The van der Waals surface area contributed by atoms with Crippen molar-refractivity contribution in [3.63, 3.8) is 0 Å². The van der Waals surface area contributed by atoms with Crippen LogP contribution in [0.3, 0.4) is 0 Å². The van der Waals surface area contributed by atoms with Crippen molar-refractivity contribution in [2.45, 2.75) is 0 Å². The van der Waals surface area contributed by atoms with Gasteiger partial charge in [0.1, 0.15) is 5.75 Å². The standard InChI is InChI=1S/C29H21FN2O5/c1-35-26-16-21-23(17-27(26)36-2)31-12-10-24(21)37-25-9-8-20(15-22(25)30)32-13-11-19(14-28(32)33)29(34)18-6-4-3-5-7-18/h3-17H,1-2H3. The number of benzene rings is 3. The monoisotopic (exact) mass is 496 g/mol. The minimum atomic E-state index is -0.667. The maximum atomic E-state index is 15.1. The first-order chi connectivity index (χ1) is 18.0. The highest BCUT2D eigenvalue weighted by Crippen LogP contribution is 2.37. The van der Waals surface area contributed by atoms with Crippen LogP contribution >= 0.6 is 0 Å². The average molecular weight is 496 g/mol. The van der Waals surface area contributed by atoms with Gasteiger partial charge < -0.3 is 14.2 Å². The fourth-order valence-corrected chi connectivity index (χ4v) is 3.97. The molecule has 3 aromatic carbocycles. The predicted octanol–water partition coefficient (Wildman–Crippen LogP) is 5.57. The van der Waals surface area contributed by atoms with Crippen LogP contribution in [-0.4, -0.2) is 29.6 Å². The lowest BCUT2D eigenvalue weighted by Gasteiger charge is -2.13. The highest BCUT2D eigenvalue weighted by molar-refractivity contribution is 6.08. The first-order valence-corrected chi connectivity index (χ1v) is 11.3. The summed E-state index contributed by atoms with van der Waals surface area (Å²) in [6.45, 7) is 0. The molecule has 0 amide bonds. The Hall–Kier alpha value is -4.98. The maximum Gasteiger partial charge on any atom is 0.255 e. The van der Waals surface area contributed by atoms with Crippen LogP contribution in [-0.2, 0) is 0 Å². The summed E-state index contributed by atoms with van der Waals surface area (Å²) in [4.78, 5) is 29.7. The highest BCUT2D eigenvalue weighted by atomic mass is 19.1. The van der Waals surface area contributed by atoms with Gasteiger partial charge in [-0.1, -0.05) is 30.3 Å². The van der Waals surface area contributed by atoms with Gasteiger partial charge in [-0.3, -0.25) is 19.1 Å². The molecule has 5 aromatic rings. The first-order valence-electron chi connectivity index (χ1n) is 11.3. The predicted molar refractivity (Wildman–Crippen MR) is 137 cm³/mol.